The summed E-state index contributed by atoms with van der Waals surface area (Å²) in [5, 5.41) is 10.8. The van der Waals surface area contributed by atoms with Gasteiger partial charge in [0.15, 0.2) is 0 Å². The van der Waals surface area contributed by atoms with Crippen LogP contribution in [0.5, 0.6) is 5.75 Å². The number of para-hydroxylation sites is 1. The Bertz CT molecular complexity index is 617. The Kier molecular flexibility index (Phi) is 5.15. The fourth-order valence-corrected chi connectivity index (χ4v) is 2.41. The highest BCUT2D eigenvalue weighted by molar-refractivity contribution is 6.31. The van der Waals surface area contributed by atoms with E-state index in [0.29, 0.717) is 10.6 Å². The van der Waals surface area contributed by atoms with Gasteiger partial charge in [0.1, 0.15) is 5.75 Å². The van der Waals surface area contributed by atoms with Crippen molar-refractivity contribution < 1.29 is 18.6 Å². The molecule has 1 unspecified atom stereocenters. The van der Waals surface area contributed by atoms with Gasteiger partial charge in [0, 0.05) is 17.0 Å². The molecule has 0 radical (unpaired) electrons. The number of hydrogen-bond donors (Lipinski definition) is 1. The number of aliphatic hydroxyl groups excluding tert-OH is 1. The second kappa shape index (κ2) is 6.87. The van der Waals surface area contributed by atoms with Gasteiger partial charge in [-0.3, -0.25) is 0 Å². The molecule has 2 rings (SSSR count). The molecule has 1 N–H and O–H groups in total. The van der Waals surface area contributed by atoms with E-state index in [0.717, 1.165) is 11.1 Å². The van der Waals surface area contributed by atoms with Crippen LogP contribution in [0.4, 0.5) is 8.78 Å². The Morgan fingerprint density at radius 1 is 1.19 bits per heavy atom. The van der Waals surface area contributed by atoms with Crippen LogP contribution >= 0.6 is 11.6 Å². The number of ether oxygens (including phenoxy) is 1. The van der Waals surface area contributed by atoms with Crippen molar-refractivity contribution in [2.75, 3.05) is 0 Å². The minimum atomic E-state index is -2.93. The Morgan fingerprint density at radius 2 is 1.90 bits per heavy atom. The van der Waals surface area contributed by atoms with Gasteiger partial charge >= 0.3 is 6.61 Å². The number of aliphatic hydroxyl groups is 1. The molecule has 0 aliphatic carbocycles. The molecular formula is C16H15ClF2O2. The molecule has 0 aliphatic rings. The molecule has 0 fully saturated rings. The van der Waals surface area contributed by atoms with Crippen LogP contribution in [-0.2, 0) is 6.42 Å². The van der Waals surface area contributed by atoms with E-state index < -0.39 is 12.7 Å². The molecule has 0 aromatic heterocycles. The Balaban J connectivity index is 2.22. The maximum atomic E-state index is 12.4. The van der Waals surface area contributed by atoms with Crippen molar-refractivity contribution in [3.05, 3.63) is 64.2 Å². The van der Waals surface area contributed by atoms with Crippen molar-refractivity contribution in [1.82, 2.24) is 0 Å². The summed E-state index contributed by atoms with van der Waals surface area (Å²) < 4.78 is 29.2. The summed E-state index contributed by atoms with van der Waals surface area (Å²) in [6, 6.07) is 11.7. The smallest absolute Gasteiger partial charge is 0.387 e. The molecule has 112 valence electrons. The largest absolute Gasteiger partial charge is 0.434 e. The van der Waals surface area contributed by atoms with E-state index >= 15 is 0 Å². The van der Waals surface area contributed by atoms with E-state index in [1.165, 1.54) is 6.07 Å². The molecule has 2 nitrogen and oxygen atoms in total. The molecule has 0 spiro atoms. The molecule has 2 aromatic rings. The molecular weight excluding hydrogens is 298 g/mol. The van der Waals surface area contributed by atoms with E-state index in [2.05, 4.69) is 4.74 Å². The lowest BCUT2D eigenvalue weighted by Gasteiger charge is -2.16. The van der Waals surface area contributed by atoms with Gasteiger partial charge in [-0.1, -0.05) is 41.9 Å². The highest BCUT2D eigenvalue weighted by Gasteiger charge is 2.17. The second-order valence-corrected chi connectivity index (χ2v) is 5.14. The van der Waals surface area contributed by atoms with Crippen LogP contribution in [0.25, 0.3) is 0 Å². The molecule has 0 bridgehead atoms. The second-order valence-electron chi connectivity index (χ2n) is 4.73. The average molecular weight is 313 g/mol. The van der Waals surface area contributed by atoms with Crippen molar-refractivity contribution >= 4 is 11.6 Å². The summed E-state index contributed by atoms with van der Waals surface area (Å²) in [5.74, 6) is -0.0248. The third-order valence-electron chi connectivity index (χ3n) is 3.12. The van der Waals surface area contributed by atoms with Gasteiger partial charge in [-0.15, -0.1) is 0 Å². The van der Waals surface area contributed by atoms with E-state index in [4.69, 9.17) is 11.6 Å². The van der Waals surface area contributed by atoms with Crippen molar-refractivity contribution in [1.29, 1.82) is 0 Å². The monoisotopic (exact) mass is 312 g/mol. The molecule has 2 aromatic carbocycles. The number of rotatable bonds is 5. The topological polar surface area (TPSA) is 29.5 Å². The highest BCUT2D eigenvalue weighted by Crippen LogP contribution is 2.30. The lowest BCUT2D eigenvalue weighted by Crippen LogP contribution is -2.09. The summed E-state index contributed by atoms with van der Waals surface area (Å²) in [5.41, 5.74) is 2.08. The zero-order valence-corrected chi connectivity index (χ0v) is 12.1. The molecule has 0 saturated carbocycles. The fraction of sp³-hybridized carbons (Fsp3) is 0.250. The summed E-state index contributed by atoms with van der Waals surface area (Å²) in [6.45, 7) is -1.01. The van der Waals surface area contributed by atoms with Crippen LogP contribution in [0.2, 0.25) is 5.02 Å². The molecule has 0 aliphatic heterocycles. The minimum absolute atomic E-state index is 0.0248. The average Bonchev–Trinajstić information content (AvgIpc) is 2.42. The summed E-state index contributed by atoms with van der Waals surface area (Å²) >= 11 is 6.12. The van der Waals surface area contributed by atoms with E-state index in [9.17, 15) is 13.9 Å². The SMILES string of the molecule is Cc1ccc(CC(O)c2ccccc2OC(F)F)c(Cl)c1. The van der Waals surface area contributed by atoms with E-state index in [1.54, 1.807) is 24.3 Å². The van der Waals surface area contributed by atoms with Crippen LogP contribution in [0, 0.1) is 6.92 Å². The van der Waals surface area contributed by atoms with Gasteiger partial charge in [-0.25, -0.2) is 0 Å². The van der Waals surface area contributed by atoms with Gasteiger partial charge < -0.3 is 9.84 Å². The third-order valence-corrected chi connectivity index (χ3v) is 3.47. The molecule has 1 atom stereocenters. The first-order valence-corrected chi connectivity index (χ1v) is 6.82. The molecule has 5 heteroatoms. The fourth-order valence-electron chi connectivity index (χ4n) is 2.10. The first-order chi connectivity index (χ1) is 9.97. The van der Waals surface area contributed by atoms with Crippen LogP contribution in [0.1, 0.15) is 22.8 Å². The standard InChI is InChI=1S/C16H15ClF2O2/c1-10-6-7-11(13(17)8-10)9-14(20)12-4-2-3-5-15(12)21-16(18)19/h2-8,14,16,20H,9H2,1H3. The van der Waals surface area contributed by atoms with Gasteiger partial charge in [-0.05, 0) is 30.2 Å². The van der Waals surface area contributed by atoms with Crippen LogP contribution in [0.3, 0.4) is 0 Å². The molecule has 21 heavy (non-hydrogen) atoms. The summed E-state index contributed by atoms with van der Waals surface area (Å²) in [4.78, 5) is 0. The van der Waals surface area contributed by atoms with Crippen molar-refractivity contribution in [3.63, 3.8) is 0 Å². The van der Waals surface area contributed by atoms with Gasteiger partial charge in [-0.2, -0.15) is 8.78 Å². The predicted molar refractivity (Wildman–Crippen MR) is 77.9 cm³/mol. The molecule has 0 saturated heterocycles. The maximum absolute atomic E-state index is 12.4. The predicted octanol–water partition coefficient (Wildman–Crippen LogP) is 4.53. The van der Waals surface area contributed by atoms with Crippen LogP contribution < -0.4 is 4.74 Å². The lowest BCUT2D eigenvalue weighted by molar-refractivity contribution is -0.0515. The quantitative estimate of drug-likeness (QED) is 0.879. The van der Waals surface area contributed by atoms with Crippen molar-refractivity contribution in [2.24, 2.45) is 0 Å². The van der Waals surface area contributed by atoms with Gasteiger partial charge in [0.25, 0.3) is 0 Å². The Hall–Kier alpha value is -1.65. The number of aryl methyl sites for hydroxylation is 1. The third kappa shape index (κ3) is 4.16. The maximum Gasteiger partial charge on any atom is 0.387 e. The number of alkyl halides is 2. The zero-order valence-electron chi connectivity index (χ0n) is 11.4. The van der Waals surface area contributed by atoms with E-state index in [-0.39, 0.29) is 12.2 Å². The first-order valence-electron chi connectivity index (χ1n) is 6.44. The van der Waals surface area contributed by atoms with E-state index in [1.807, 2.05) is 19.1 Å². The number of hydrogen-bond acceptors (Lipinski definition) is 2. The van der Waals surface area contributed by atoms with Gasteiger partial charge in [0.05, 0.1) is 6.10 Å². The van der Waals surface area contributed by atoms with Gasteiger partial charge in [0.2, 0.25) is 0 Å². The molecule has 0 heterocycles. The van der Waals surface area contributed by atoms with Crippen LogP contribution in [-0.4, -0.2) is 11.7 Å². The number of halogens is 3. The minimum Gasteiger partial charge on any atom is -0.434 e. The Morgan fingerprint density at radius 3 is 2.57 bits per heavy atom. The highest BCUT2D eigenvalue weighted by atomic mass is 35.5. The Labute approximate surface area is 126 Å². The summed E-state index contributed by atoms with van der Waals surface area (Å²) in [6.07, 6.45) is -0.747. The number of benzene rings is 2. The lowest BCUT2D eigenvalue weighted by atomic mass is 10.00. The van der Waals surface area contributed by atoms with Crippen molar-refractivity contribution in [2.45, 2.75) is 26.1 Å². The van der Waals surface area contributed by atoms with Crippen molar-refractivity contribution in [3.8, 4) is 5.75 Å². The zero-order chi connectivity index (χ0) is 15.4. The normalized spacial score (nSPS) is 12.5. The first kappa shape index (κ1) is 15.7. The molecule has 0 amide bonds. The summed E-state index contributed by atoms with van der Waals surface area (Å²) in [7, 11) is 0. The van der Waals surface area contributed by atoms with Crippen LogP contribution in [0.15, 0.2) is 42.5 Å².